The molecule has 0 spiro atoms. The van der Waals surface area contributed by atoms with Gasteiger partial charge in [-0.3, -0.25) is 0 Å². The van der Waals surface area contributed by atoms with Crippen molar-refractivity contribution >= 4 is 11.7 Å². The Hall–Kier alpha value is -1.96. The summed E-state index contributed by atoms with van der Waals surface area (Å²) in [7, 11) is 0. The van der Waals surface area contributed by atoms with Crippen LogP contribution < -0.4 is 10.1 Å². The van der Waals surface area contributed by atoms with Crippen molar-refractivity contribution in [1.82, 2.24) is 4.90 Å². The highest BCUT2D eigenvalue weighted by Gasteiger charge is 2.29. The van der Waals surface area contributed by atoms with E-state index in [-0.39, 0.29) is 17.4 Å². The first-order valence-corrected chi connectivity index (χ1v) is 7.79. The van der Waals surface area contributed by atoms with Crippen LogP contribution in [0.5, 0.6) is 5.75 Å². The van der Waals surface area contributed by atoms with E-state index in [2.05, 4.69) is 5.32 Å². The van der Waals surface area contributed by atoms with Gasteiger partial charge < -0.3 is 20.1 Å². The number of anilines is 1. The van der Waals surface area contributed by atoms with Crippen molar-refractivity contribution in [2.24, 2.45) is 5.92 Å². The van der Waals surface area contributed by atoms with Crippen LogP contribution in [-0.2, 0) is 0 Å². The molecule has 0 aromatic heterocycles. The van der Waals surface area contributed by atoms with E-state index in [0.717, 1.165) is 12.8 Å². The number of aliphatic hydroxyl groups is 1. The first-order chi connectivity index (χ1) is 11.3. The number of halogens is 3. The normalized spacial score (nSPS) is 19.7. The number of benzene rings is 1. The number of amides is 2. The van der Waals surface area contributed by atoms with Crippen LogP contribution >= 0.6 is 0 Å². The highest BCUT2D eigenvalue weighted by atomic mass is 19.4. The molecule has 0 bridgehead atoms. The predicted molar refractivity (Wildman–Crippen MR) is 83.0 cm³/mol. The van der Waals surface area contributed by atoms with Gasteiger partial charge in [0, 0.05) is 19.0 Å². The van der Waals surface area contributed by atoms with Crippen LogP contribution in [0.15, 0.2) is 24.3 Å². The number of carbonyl (C=O) groups excluding carboxylic acids is 1. The second kappa shape index (κ2) is 7.74. The number of ether oxygens (including phenoxy) is 1. The van der Waals surface area contributed by atoms with Gasteiger partial charge in [0.1, 0.15) is 5.75 Å². The van der Waals surface area contributed by atoms with E-state index in [0.29, 0.717) is 13.1 Å². The molecule has 1 saturated heterocycles. The third-order valence-corrected chi connectivity index (χ3v) is 3.95. The van der Waals surface area contributed by atoms with E-state index < -0.39 is 24.9 Å². The number of likely N-dealkylation sites (tertiary alicyclic amines) is 1. The van der Waals surface area contributed by atoms with E-state index in [1.807, 2.05) is 0 Å². The smallest absolute Gasteiger partial charge is 0.422 e. The van der Waals surface area contributed by atoms with Gasteiger partial charge in [0.2, 0.25) is 0 Å². The maximum absolute atomic E-state index is 12.3. The summed E-state index contributed by atoms with van der Waals surface area (Å²) in [5.74, 6) is -0.0338. The van der Waals surface area contributed by atoms with Crippen molar-refractivity contribution in [3.63, 3.8) is 0 Å². The van der Waals surface area contributed by atoms with Gasteiger partial charge in [0.25, 0.3) is 0 Å². The minimum atomic E-state index is -4.45. The molecule has 0 saturated carbocycles. The fourth-order valence-corrected chi connectivity index (χ4v) is 2.64. The third kappa shape index (κ3) is 5.30. The van der Waals surface area contributed by atoms with Gasteiger partial charge in [-0.15, -0.1) is 0 Å². The second-order valence-corrected chi connectivity index (χ2v) is 5.92. The lowest BCUT2D eigenvalue weighted by Crippen LogP contribution is -2.44. The Morgan fingerprint density at radius 1 is 1.46 bits per heavy atom. The van der Waals surface area contributed by atoms with Crippen LogP contribution in [0, 0.1) is 5.92 Å². The molecule has 1 aromatic carbocycles. The molecule has 1 aliphatic rings. The molecule has 2 rings (SSSR count). The van der Waals surface area contributed by atoms with Crippen molar-refractivity contribution in [3.05, 3.63) is 24.3 Å². The zero-order valence-corrected chi connectivity index (χ0v) is 13.3. The van der Waals surface area contributed by atoms with Crippen LogP contribution in [0.1, 0.15) is 19.8 Å². The number of carbonyl (C=O) groups is 1. The summed E-state index contributed by atoms with van der Waals surface area (Å²) in [6, 6.07) is 5.58. The summed E-state index contributed by atoms with van der Waals surface area (Å²) in [6.45, 7) is 1.22. The molecule has 0 aliphatic carbocycles. The summed E-state index contributed by atoms with van der Waals surface area (Å²) in [6.07, 6.45) is -3.35. The van der Waals surface area contributed by atoms with Gasteiger partial charge in [-0.1, -0.05) is 12.1 Å². The van der Waals surface area contributed by atoms with Crippen LogP contribution in [0.25, 0.3) is 0 Å². The third-order valence-electron chi connectivity index (χ3n) is 3.95. The maximum Gasteiger partial charge on any atom is 0.422 e. The van der Waals surface area contributed by atoms with Crippen molar-refractivity contribution in [3.8, 4) is 5.75 Å². The number of nitrogens with one attached hydrogen (secondary N) is 1. The fraction of sp³-hybridized carbons (Fsp3) is 0.562. The SMILES string of the molecule is CC(O)C1CCCN(C(=O)Nc2ccccc2OCC(F)(F)F)C1. The molecule has 1 fully saturated rings. The number of alkyl halides is 3. The first-order valence-electron chi connectivity index (χ1n) is 7.79. The van der Waals surface area contributed by atoms with E-state index in [9.17, 15) is 23.1 Å². The van der Waals surface area contributed by atoms with Gasteiger partial charge in [0.15, 0.2) is 6.61 Å². The van der Waals surface area contributed by atoms with Gasteiger partial charge in [-0.25, -0.2) is 4.79 Å². The minimum Gasteiger partial charge on any atom is -0.482 e. The van der Waals surface area contributed by atoms with Gasteiger partial charge in [-0.2, -0.15) is 13.2 Å². The summed E-state index contributed by atoms with van der Waals surface area (Å²) >= 11 is 0. The summed E-state index contributed by atoms with van der Waals surface area (Å²) in [5.41, 5.74) is 0.186. The fourth-order valence-electron chi connectivity index (χ4n) is 2.64. The molecule has 134 valence electrons. The van der Waals surface area contributed by atoms with E-state index in [1.165, 1.54) is 18.2 Å². The second-order valence-electron chi connectivity index (χ2n) is 5.92. The average molecular weight is 346 g/mol. The monoisotopic (exact) mass is 346 g/mol. The van der Waals surface area contributed by atoms with Crippen LogP contribution in [0.4, 0.5) is 23.7 Å². The first kappa shape index (κ1) is 18.4. The summed E-state index contributed by atoms with van der Waals surface area (Å²) < 4.78 is 41.7. The zero-order valence-electron chi connectivity index (χ0n) is 13.3. The van der Waals surface area contributed by atoms with Crippen molar-refractivity contribution < 1.29 is 27.8 Å². The molecule has 2 amide bonds. The molecule has 24 heavy (non-hydrogen) atoms. The number of hydrogen-bond donors (Lipinski definition) is 2. The van der Waals surface area contributed by atoms with Crippen molar-refractivity contribution in [2.75, 3.05) is 25.0 Å². The Balaban J connectivity index is 2.01. The largest absolute Gasteiger partial charge is 0.482 e. The summed E-state index contributed by atoms with van der Waals surface area (Å²) in [4.78, 5) is 13.9. The van der Waals surface area contributed by atoms with Crippen molar-refractivity contribution in [1.29, 1.82) is 0 Å². The molecule has 1 heterocycles. The molecule has 1 aromatic rings. The number of nitrogens with zero attached hydrogens (tertiary/aromatic N) is 1. The lowest BCUT2D eigenvalue weighted by molar-refractivity contribution is -0.153. The number of para-hydroxylation sites is 2. The Labute approximate surface area is 138 Å². The molecule has 2 N–H and O–H groups in total. The number of rotatable bonds is 4. The molecule has 1 aliphatic heterocycles. The molecular weight excluding hydrogens is 325 g/mol. The number of urea groups is 1. The topological polar surface area (TPSA) is 61.8 Å². The lowest BCUT2D eigenvalue weighted by atomic mass is 9.94. The summed E-state index contributed by atoms with van der Waals surface area (Å²) in [5, 5.41) is 12.3. The number of piperidine rings is 1. The van der Waals surface area contributed by atoms with Crippen LogP contribution in [0.3, 0.4) is 0 Å². The Kier molecular flexibility index (Phi) is 5.93. The van der Waals surface area contributed by atoms with Gasteiger partial charge >= 0.3 is 12.2 Å². The Bertz CT molecular complexity index is 564. The highest BCUT2D eigenvalue weighted by molar-refractivity contribution is 5.91. The average Bonchev–Trinajstić information content (AvgIpc) is 2.53. The highest BCUT2D eigenvalue weighted by Crippen LogP contribution is 2.27. The molecule has 2 unspecified atom stereocenters. The molecule has 5 nitrogen and oxygen atoms in total. The molecule has 8 heteroatoms. The standard InChI is InChI=1S/C16H21F3N2O3/c1-11(22)12-5-4-8-21(9-12)15(23)20-13-6-2-3-7-14(13)24-10-16(17,18)19/h2-3,6-7,11-12,22H,4-5,8-10H2,1H3,(H,20,23). The molecule has 0 radical (unpaired) electrons. The zero-order chi connectivity index (χ0) is 17.7. The lowest BCUT2D eigenvalue weighted by Gasteiger charge is -2.34. The molecule has 2 atom stereocenters. The van der Waals surface area contributed by atoms with E-state index in [1.54, 1.807) is 17.9 Å². The maximum atomic E-state index is 12.3. The van der Waals surface area contributed by atoms with Gasteiger partial charge in [-0.05, 0) is 31.9 Å². The quantitative estimate of drug-likeness (QED) is 0.880. The Morgan fingerprint density at radius 3 is 2.83 bits per heavy atom. The number of aliphatic hydroxyl groups excluding tert-OH is 1. The van der Waals surface area contributed by atoms with Crippen LogP contribution in [0.2, 0.25) is 0 Å². The predicted octanol–water partition coefficient (Wildman–Crippen LogP) is 3.25. The minimum absolute atomic E-state index is 0.00113. The van der Waals surface area contributed by atoms with Crippen LogP contribution in [-0.4, -0.2) is 48.0 Å². The van der Waals surface area contributed by atoms with Crippen molar-refractivity contribution in [2.45, 2.75) is 32.0 Å². The van der Waals surface area contributed by atoms with E-state index >= 15 is 0 Å². The van der Waals surface area contributed by atoms with E-state index in [4.69, 9.17) is 4.74 Å². The molecular formula is C16H21F3N2O3. The van der Waals surface area contributed by atoms with Gasteiger partial charge in [0.05, 0.1) is 11.8 Å². The number of hydrogen-bond acceptors (Lipinski definition) is 3. The Morgan fingerprint density at radius 2 is 2.17 bits per heavy atom.